The fourth-order valence-electron chi connectivity index (χ4n) is 2.40. The van der Waals surface area contributed by atoms with Crippen LogP contribution in [0.5, 0.6) is 0 Å². The summed E-state index contributed by atoms with van der Waals surface area (Å²) in [6, 6.07) is 9.03. The smallest absolute Gasteiger partial charge is 0.341 e. The number of para-hydroxylation sites is 1. The van der Waals surface area contributed by atoms with Crippen LogP contribution in [-0.4, -0.2) is 39.1 Å². The van der Waals surface area contributed by atoms with Gasteiger partial charge in [-0.25, -0.2) is 12.8 Å². The molecule has 0 radical (unpaired) electrons. The Balaban J connectivity index is 2.23. The van der Waals surface area contributed by atoms with Crippen LogP contribution in [0.25, 0.3) is 0 Å². The van der Waals surface area contributed by atoms with Gasteiger partial charge in [0.05, 0.1) is 30.1 Å². The van der Waals surface area contributed by atoms with Gasteiger partial charge in [0, 0.05) is 11.1 Å². The number of sulfonamides is 1. The molecular formula is C18H15ClF4N2O4S. The molecule has 0 aliphatic heterocycles. The van der Waals surface area contributed by atoms with Crippen molar-refractivity contribution in [3.63, 3.8) is 0 Å². The molecule has 1 N–H and O–H groups in total. The third-order valence-electron chi connectivity index (χ3n) is 3.88. The van der Waals surface area contributed by atoms with Gasteiger partial charge >= 0.3 is 12.1 Å². The van der Waals surface area contributed by atoms with Crippen molar-refractivity contribution in [3.05, 3.63) is 64.4 Å². The Kier molecular flexibility index (Phi) is 7.09. The maximum atomic E-state index is 14.5. The first-order chi connectivity index (χ1) is 13.8. The number of hydrogen-bond acceptors (Lipinski definition) is 4. The number of rotatable bonds is 7. The van der Waals surface area contributed by atoms with Crippen molar-refractivity contribution in [2.24, 2.45) is 0 Å². The van der Waals surface area contributed by atoms with E-state index in [-0.39, 0.29) is 21.8 Å². The highest BCUT2D eigenvalue weighted by atomic mass is 35.5. The zero-order valence-corrected chi connectivity index (χ0v) is 16.9. The van der Waals surface area contributed by atoms with Crippen molar-refractivity contribution in [1.82, 2.24) is 5.32 Å². The molecule has 0 bridgehead atoms. The second kappa shape index (κ2) is 9.00. The quantitative estimate of drug-likeness (QED) is 0.501. The first kappa shape index (κ1) is 23.6. The second-order valence-electron chi connectivity index (χ2n) is 6.13. The molecule has 0 saturated carbocycles. The lowest BCUT2D eigenvalue weighted by Crippen LogP contribution is -2.39. The van der Waals surface area contributed by atoms with Crippen LogP contribution >= 0.6 is 11.6 Å². The molecule has 2 aromatic rings. The Morgan fingerprint density at radius 1 is 1.13 bits per heavy atom. The van der Waals surface area contributed by atoms with Crippen LogP contribution in [0.2, 0.25) is 5.02 Å². The summed E-state index contributed by atoms with van der Waals surface area (Å²) in [5.41, 5.74) is -0.269. The molecule has 0 aromatic heterocycles. The number of halogens is 5. The number of benzene rings is 2. The minimum absolute atomic E-state index is 0.101. The van der Waals surface area contributed by atoms with Crippen LogP contribution in [0.1, 0.15) is 15.9 Å². The molecule has 6 nitrogen and oxygen atoms in total. The topological polar surface area (TPSA) is 83.6 Å². The minimum atomic E-state index is -5.15. The van der Waals surface area contributed by atoms with E-state index in [4.69, 9.17) is 11.6 Å². The molecule has 0 aliphatic rings. The number of carbonyl (C=O) groups is 2. The molecule has 0 aliphatic carbocycles. The van der Waals surface area contributed by atoms with Crippen LogP contribution in [0.4, 0.5) is 23.2 Å². The monoisotopic (exact) mass is 466 g/mol. The van der Waals surface area contributed by atoms with Gasteiger partial charge in [0.15, 0.2) is 5.78 Å². The zero-order chi connectivity index (χ0) is 22.7. The Labute approximate surface area is 174 Å². The van der Waals surface area contributed by atoms with Gasteiger partial charge in [0.1, 0.15) is 5.82 Å². The SMILES string of the molecule is CS(=O)(=O)N(Cc1ccc(C(=O)CNC(=O)C(F)(F)F)cc1F)c1ccccc1Cl. The van der Waals surface area contributed by atoms with Crippen molar-refractivity contribution in [3.8, 4) is 0 Å². The summed E-state index contributed by atoms with van der Waals surface area (Å²) in [6.45, 7) is -1.42. The van der Waals surface area contributed by atoms with Crippen molar-refractivity contribution < 1.29 is 35.6 Å². The van der Waals surface area contributed by atoms with Crippen LogP contribution < -0.4 is 9.62 Å². The lowest BCUT2D eigenvalue weighted by Gasteiger charge is -2.23. The predicted octanol–water partition coefficient (Wildman–Crippen LogP) is 3.31. The molecule has 2 rings (SSSR count). The average Bonchev–Trinajstić information content (AvgIpc) is 2.63. The van der Waals surface area contributed by atoms with E-state index < -0.39 is 46.8 Å². The van der Waals surface area contributed by atoms with Crippen LogP contribution in [0, 0.1) is 5.82 Å². The molecule has 12 heteroatoms. The minimum Gasteiger partial charge on any atom is -0.341 e. The predicted molar refractivity (Wildman–Crippen MR) is 102 cm³/mol. The summed E-state index contributed by atoms with van der Waals surface area (Å²) in [5.74, 6) is -4.20. The third-order valence-corrected chi connectivity index (χ3v) is 5.32. The van der Waals surface area contributed by atoms with Crippen molar-refractivity contribution >= 4 is 39.0 Å². The van der Waals surface area contributed by atoms with Gasteiger partial charge in [-0.15, -0.1) is 0 Å². The molecule has 0 heterocycles. The van der Waals surface area contributed by atoms with Crippen molar-refractivity contribution in [1.29, 1.82) is 0 Å². The van der Waals surface area contributed by atoms with Gasteiger partial charge in [0.2, 0.25) is 10.0 Å². The first-order valence-electron chi connectivity index (χ1n) is 8.19. The molecule has 162 valence electrons. The van der Waals surface area contributed by atoms with Gasteiger partial charge in [-0.05, 0) is 18.2 Å². The van der Waals surface area contributed by atoms with E-state index >= 15 is 0 Å². The molecule has 0 saturated heterocycles. The fourth-order valence-corrected chi connectivity index (χ4v) is 3.58. The Bertz CT molecular complexity index is 1070. The van der Waals surface area contributed by atoms with Crippen molar-refractivity contribution in [2.45, 2.75) is 12.7 Å². The molecule has 2 aromatic carbocycles. The Morgan fingerprint density at radius 2 is 1.77 bits per heavy atom. The van der Waals surface area contributed by atoms with Crippen molar-refractivity contribution in [2.75, 3.05) is 17.1 Å². The summed E-state index contributed by atoms with van der Waals surface area (Å²) in [7, 11) is -3.85. The number of anilines is 1. The zero-order valence-electron chi connectivity index (χ0n) is 15.3. The molecular weight excluding hydrogens is 452 g/mol. The largest absolute Gasteiger partial charge is 0.471 e. The summed E-state index contributed by atoms with van der Waals surface area (Å²) in [6.07, 6.45) is -4.24. The van der Waals surface area contributed by atoms with Gasteiger partial charge in [-0.1, -0.05) is 35.9 Å². The number of nitrogens with zero attached hydrogens (tertiary/aromatic N) is 1. The summed E-state index contributed by atoms with van der Waals surface area (Å²) >= 11 is 6.03. The maximum Gasteiger partial charge on any atom is 0.471 e. The lowest BCUT2D eigenvalue weighted by atomic mass is 10.1. The number of carbonyl (C=O) groups excluding carboxylic acids is 2. The number of Topliss-reactive ketones (excluding diaryl/α,β-unsaturated/α-hetero) is 1. The number of amides is 1. The number of ketones is 1. The van der Waals surface area contributed by atoms with E-state index in [1.54, 1.807) is 12.1 Å². The maximum absolute atomic E-state index is 14.5. The van der Waals surface area contributed by atoms with Gasteiger partial charge in [0.25, 0.3) is 0 Å². The van der Waals surface area contributed by atoms with E-state index in [0.29, 0.717) is 0 Å². The van der Waals surface area contributed by atoms with E-state index in [0.717, 1.165) is 28.8 Å². The van der Waals surface area contributed by atoms with Gasteiger partial charge in [-0.2, -0.15) is 13.2 Å². The Morgan fingerprint density at radius 3 is 2.30 bits per heavy atom. The van der Waals surface area contributed by atoms with E-state index in [1.165, 1.54) is 17.4 Å². The highest BCUT2D eigenvalue weighted by molar-refractivity contribution is 7.92. The third kappa shape index (κ3) is 5.92. The molecule has 0 unspecified atom stereocenters. The number of alkyl halides is 3. The van der Waals surface area contributed by atoms with E-state index in [1.807, 2.05) is 0 Å². The molecule has 0 atom stereocenters. The average molecular weight is 467 g/mol. The van der Waals surface area contributed by atoms with E-state index in [9.17, 15) is 35.6 Å². The molecule has 0 fully saturated rings. The summed E-state index contributed by atoms with van der Waals surface area (Å²) < 4.78 is 76.2. The standard InChI is InChI=1S/C18H15ClF4N2O4S/c1-30(28,29)25(15-5-3-2-4-13(15)19)10-12-7-6-11(8-14(12)20)16(26)9-24-17(27)18(21,22)23/h2-8H,9-10H2,1H3,(H,24,27). The highest BCUT2D eigenvalue weighted by Gasteiger charge is 2.38. The first-order valence-corrected chi connectivity index (χ1v) is 10.4. The molecule has 0 spiro atoms. The van der Waals surface area contributed by atoms with Crippen LogP contribution in [0.15, 0.2) is 42.5 Å². The normalized spacial score (nSPS) is 11.8. The lowest BCUT2D eigenvalue weighted by molar-refractivity contribution is -0.173. The number of nitrogens with one attached hydrogen (secondary N) is 1. The molecule has 1 amide bonds. The van der Waals surface area contributed by atoms with Gasteiger partial charge < -0.3 is 5.32 Å². The summed E-state index contributed by atoms with van der Waals surface area (Å²) in [4.78, 5) is 22.7. The van der Waals surface area contributed by atoms with Crippen LogP contribution in [0.3, 0.4) is 0 Å². The second-order valence-corrected chi connectivity index (χ2v) is 8.44. The number of hydrogen-bond donors (Lipinski definition) is 1. The van der Waals surface area contributed by atoms with Crippen LogP contribution in [-0.2, 0) is 21.4 Å². The summed E-state index contributed by atoms with van der Waals surface area (Å²) in [5, 5.41) is 1.52. The van der Waals surface area contributed by atoms with Gasteiger partial charge in [-0.3, -0.25) is 13.9 Å². The fraction of sp³-hybridized carbons (Fsp3) is 0.222. The highest BCUT2D eigenvalue weighted by Crippen LogP contribution is 2.29. The van der Waals surface area contributed by atoms with E-state index in [2.05, 4.69) is 0 Å². The Hall–Kier alpha value is -2.66. The molecule has 30 heavy (non-hydrogen) atoms.